The van der Waals surface area contributed by atoms with Crippen LogP contribution in [0.4, 0.5) is 0 Å². The molecule has 0 aromatic carbocycles. The third kappa shape index (κ3) is 10.2. The van der Waals surface area contributed by atoms with Gasteiger partial charge in [-0.3, -0.25) is 28.5 Å². The molecule has 0 rings (SSSR count). The van der Waals surface area contributed by atoms with Gasteiger partial charge in [0.2, 0.25) is 5.52 Å². The molecule has 0 unspecified atom stereocenters. The van der Waals surface area contributed by atoms with E-state index in [0.717, 1.165) is 0 Å². The molecule has 0 atom stereocenters. The number of halogens is 1. The van der Waals surface area contributed by atoms with Crippen molar-refractivity contribution in [3.05, 3.63) is 12.2 Å². The fourth-order valence-electron chi connectivity index (χ4n) is 3.71. The van der Waals surface area contributed by atoms with Crippen LogP contribution in [-0.4, -0.2) is 73.5 Å². The van der Waals surface area contributed by atoms with Gasteiger partial charge in [-0.05, 0) is 60.8 Å². The van der Waals surface area contributed by atoms with E-state index in [4.69, 9.17) is 28.0 Å². The molecular formula is C26H42IO12P. The van der Waals surface area contributed by atoms with Gasteiger partial charge in [-0.15, -0.1) is 0 Å². The number of hydrogen-bond donors (Lipinski definition) is 0. The zero-order valence-corrected chi connectivity index (χ0v) is 27.2. The van der Waals surface area contributed by atoms with Crippen molar-refractivity contribution in [1.29, 1.82) is 0 Å². The molecule has 0 aromatic heterocycles. The Balaban J connectivity index is 6.64. The minimum Gasteiger partial charge on any atom is -0.465 e. The Morgan fingerprint density at radius 1 is 0.625 bits per heavy atom. The van der Waals surface area contributed by atoms with Crippen LogP contribution >= 0.6 is 30.2 Å². The van der Waals surface area contributed by atoms with Crippen LogP contribution in [0, 0.1) is 10.8 Å². The second-order valence-electron chi connectivity index (χ2n) is 8.27. The van der Waals surface area contributed by atoms with Crippen molar-refractivity contribution in [1.82, 2.24) is 0 Å². The van der Waals surface area contributed by atoms with E-state index in [-0.39, 0.29) is 52.5 Å². The largest absolute Gasteiger partial charge is 0.465 e. The predicted octanol–water partition coefficient (Wildman–Crippen LogP) is 4.56. The standard InChI is InChI=1S/C26H42IO12P/c1-7-34-21(29)25(17-18-27,22(30)35-8-2)15-13-14-16-26(23(31)36-9-3,24(32)37-10-4)19-20(28)40(33,38-11-5)39-12-6/h13-14H,7-12,15-19H2,1-6H3/b14-13+. The zero-order chi connectivity index (χ0) is 30.8. The van der Waals surface area contributed by atoms with Gasteiger partial charge in [-0.25, -0.2) is 0 Å². The number of carbonyl (C=O) groups is 5. The molecule has 230 valence electrons. The van der Waals surface area contributed by atoms with Gasteiger partial charge in [-0.2, -0.15) is 0 Å². The van der Waals surface area contributed by atoms with E-state index in [9.17, 15) is 28.5 Å². The molecule has 0 bridgehead atoms. The Labute approximate surface area is 249 Å². The van der Waals surface area contributed by atoms with Gasteiger partial charge in [0.05, 0.1) is 39.6 Å². The average Bonchev–Trinajstić information content (AvgIpc) is 2.90. The van der Waals surface area contributed by atoms with Crippen molar-refractivity contribution in [2.24, 2.45) is 10.8 Å². The Hall–Kier alpha value is -1.83. The summed E-state index contributed by atoms with van der Waals surface area (Å²) in [5, 5.41) is 0. The molecule has 0 N–H and O–H groups in total. The minimum absolute atomic E-state index is 0.0433. The van der Waals surface area contributed by atoms with Gasteiger partial charge in [0.15, 0.2) is 10.8 Å². The molecule has 0 heterocycles. The van der Waals surface area contributed by atoms with Crippen LogP contribution in [0.3, 0.4) is 0 Å². The Morgan fingerprint density at radius 3 is 1.30 bits per heavy atom. The predicted molar refractivity (Wildman–Crippen MR) is 154 cm³/mol. The zero-order valence-electron chi connectivity index (χ0n) is 24.2. The maximum Gasteiger partial charge on any atom is 0.396 e. The van der Waals surface area contributed by atoms with Crippen LogP contribution in [0.1, 0.15) is 67.2 Å². The second-order valence-corrected chi connectivity index (χ2v) is 11.4. The molecule has 0 aliphatic rings. The highest BCUT2D eigenvalue weighted by molar-refractivity contribution is 14.1. The number of allylic oxidation sites excluding steroid dienone is 2. The number of alkyl halides is 1. The number of ether oxygens (including phenoxy) is 4. The van der Waals surface area contributed by atoms with E-state index in [1.54, 1.807) is 13.8 Å². The van der Waals surface area contributed by atoms with E-state index in [0.29, 0.717) is 4.43 Å². The van der Waals surface area contributed by atoms with Gasteiger partial charge in [0.25, 0.3) is 0 Å². The van der Waals surface area contributed by atoms with Crippen LogP contribution in [0.15, 0.2) is 12.2 Å². The molecule has 14 heteroatoms. The quantitative estimate of drug-likeness (QED) is 0.0313. The minimum atomic E-state index is -4.34. The lowest BCUT2D eigenvalue weighted by Crippen LogP contribution is -2.44. The highest BCUT2D eigenvalue weighted by Crippen LogP contribution is 2.52. The monoisotopic (exact) mass is 704 g/mol. The first-order valence-corrected chi connectivity index (χ1v) is 16.3. The molecule has 0 aliphatic carbocycles. The smallest absolute Gasteiger partial charge is 0.396 e. The summed E-state index contributed by atoms with van der Waals surface area (Å²) < 4.78 is 44.4. The summed E-state index contributed by atoms with van der Waals surface area (Å²) in [6.07, 6.45) is 1.43. The molecule has 0 aliphatic heterocycles. The van der Waals surface area contributed by atoms with E-state index in [2.05, 4.69) is 0 Å². The van der Waals surface area contributed by atoms with Crippen LogP contribution in [0.2, 0.25) is 0 Å². The van der Waals surface area contributed by atoms with Crippen LogP contribution in [0.5, 0.6) is 0 Å². The van der Waals surface area contributed by atoms with Crippen molar-refractivity contribution in [2.75, 3.05) is 44.1 Å². The van der Waals surface area contributed by atoms with Crippen molar-refractivity contribution in [3.63, 3.8) is 0 Å². The molecule has 40 heavy (non-hydrogen) atoms. The summed E-state index contributed by atoms with van der Waals surface area (Å²) in [5.74, 6) is -3.66. The Bertz CT molecular complexity index is 887. The maximum absolute atomic E-state index is 13.2. The number of hydrogen-bond acceptors (Lipinski definition) is 12. The summed E-state index contributed by atoms with van der Waals surface area (Å²) in [7, 11) is -4.34. The normalized spacial score (nSPS) is 12.2. The maximum atomic E-state index is 13.2. The fraction of sp³-hybridized carbons (Fsp3) is 0.731. The fourth-order valence-corrected chi connectivity index (χ4v) is 6.13. The topological polar surface area (TPSA) is 158 Å². The first-order chi connectivity index (χ1) is 18.9. The lowest BCUT2D eigenvalue weighted by Gasteiger charge is -2.29. The van der Waals surface area contributed by atoms with E-state index >= 15 is 0 Å². The summed E-state index contributed by atoms with van der Waals surface area (Å²) in [6.45, 7) is 8.92. The van der Waals surface area contributed by atoms with E-state index in [1.807, 2.05) is 22.6 Å². The van der Waals surface area contributed by atoms with Crippen molar-refractivity contribution < 1.29 is 56.5 Å². The molecule has 0 saturated carbocycles. The van der Waals surface area contributed by atoms with Gasteiger partial charge >= 0.3 is 31.5 Å². The third-order valence-corrected chi connectivity index (χ3v) is 8.15. The SMILES string of the molecule is CCOC(=O)C(C/C=C/CC(CC(=O)P(=O)(OCC)OCC)(C(=O)OCC)C(=O)OCC)(CCI)C(=O)OCC. The van der Waals surface area contributed by atoms with Crippen LogP contribution in [0.25, 0.3) is 0 Å². The molecule has 0 aromatic rings. The van der Waals surface area contributed by atoms with Crippen LogP contribution < -0.4 is 0 Å². The average molecular weight is 704 g/mol. The lowest BCUT2D eigenvalue weighted by molar-refractivity contribution is -0.174. The molecule has 0 radical (unpaired) electrons. The highest BCUT2D eigenvalue weighted by Gasteiger charge is 2.53. The molecular weight excluding hydrogens is 662 g/mol. The summed E-state index contributed by atoms with van der Waals surface area (Å²) in [5.41, 5.74) is -4.98. The van der Waals surface area contributed by atoms with Crippen molar-refractivity contribution in [3.8, 4) is 0 Å². The highest BCUT2D eigenvalue weighted by atomic mass is 127. The second kappa shape index (κ2) is 19.3. The lowest BCUT2D eigenvalue weighted by atomic mass is 9.79. The van der Waals surface area contributed by atoms with E-state index < -0.39 is 60.7 Å². The van der Waals surface area contributed by atoms with Gasteiger partial charge in [0, 0.05) is 10.8 Å². The first-order valence-electron chi connectivity index (χ1n) is 13.3. The van der Waals surface area contributed by atoms with Crippen molar-refractivity contribution in [2.45, 2.75) is 67.2 Å². The number of rotatable bonds is 21. The molecule has 0 fully saturated rings. The summed E-state index contributed by atoms with van der Waals surface area (Å²) in [6, 6.07) is 0. The third-order valence-electron chi connectivity index (χ3n) is 5.64. The summed E-state index contributed by atoms with van der Waals surface area (Å²) in [4.78, 5) is 65.5. The van der Waals surface area contributed by atoms with Gasteiger partial charge in [-0.1, -0.05) is 34.7 Å². The Morgan fingerprint density at radius 2 is 0.975 bits per heavy atom. The number of esters is 4. The van der Waals surface area contributed by atoms with Gasteiger partial charge in [0.1, 0.15) is 0 Å². The van der Waals surface area contributed by atoms with Gasteiger partial charge < -0.3 is 28.0 Å². The first kappa shape index (κ1) is 38.2. The number of carbonyl (C=O) groups excluding carboxylic acids is 5. The van der Waals surface area contributed by atoms with E-state index in [1.165, 1.54) is 39.8 Å². The van der Waals surface area contributed by atoms with Crippen molar-refractivity contribution >= 4 is 59.6 Å². The molecule has 0 spiro atoms. The molecule has 0 saturated heterocycles. The Kier molecular flexibility index (Phi) is 18.4. The molecule has 12 nitrogen and oxygen atoms in total. The van der Waals surface area contributed by atoms with Crippen LogP contribution in [-0.2, 0) is 56.5 Å². The summed E-state index contributed by atoms with van der Waals surface area (Å²) >= 11 is 2.03. The molecule has 0 amide bonds.